The third kappa shape index (κ3) is 2.96. The number of nitrogens with zero attached hydrogens (tertiary/aromatic N) is 3. The summed E-state index contributed by atoms with van der Waals surface area (Å²) in [5.74, 6) is -0.115. The molecule has 1 aromatic carbocycles. The molecule has 0 unspecified atom stereocenters. The molecule has 1 saturated heterocycles. The van der Waals surface area contributed by atoms with Gasteiger partial charge in [-0.05, 0) is 31.5 Å². The molecule has 0 radical (unpaired) electrons. The van der Waals surface area contributed by atoms with E-state index < -0.39 is 11.9 Å². The van der Waals surface area contributed by atoms with Gasteiger partial charge in [0.05, 0.1) is 11.5 Å². The van der Waals surface area contributed by atoms with Crippen molar-refractivity contribution in [1.29, 1.82) is 0 Å². The molecule has 3 aromatic rings. The molecule has 0 saturated carbocycles. The second kappa shape index (κ2) is 6.98. The zero-order valence-electron chi connectivity index (χ0n) is 16.1. The first kappa shape index (κ1) is 18.6. The molecule has 4 atom stereocenters. The van der Waals surface area contributed by atoms with Crippen molar-refractivity contribution < 1.29 is 13.9 Å². The Morgan fingerprint density at radius 3 is 2.71 bits per heavy atom. The maximum atomic E-state index is 15.5. The number of amides is 1. The molecular formula is C21H23FN4O2. The third-order valence-electron chi connectivity index (χ3n) is 5.67. The van der Waals surface area contributed by atoms with Crippen molar-refractivity contribution in [2.75, 3.05) is 5.32 Å². The summed E-state index contributed by atoms with van der Waals surface area (Å²) < 4.78 is 23.2. The van der Waals surface area contributed by atoms with Gasteiger partial charge in [-0.1, -0.05) is 32.0 Å². The molecule has 1 aliphatic rings. The summed E-state index contributed by atoms with van der Waals surface area (Å²) in [6.07, 6.45) is 2.91. The first-order chi connectivity index (χ1) is 13.4. The van der Waals surface area contributed by atoms with Crippen LogP contribution in [0.3, 0.4) is 0 Å². The minimum absolute atomic E-state index is 0.156. The highest BCUT2D eigenvalue weighted by molar-refractivity contribution is 6.07. The zero-order chi connectivity index (χ0) is 19.9. The third-order valence-corrected chi connectivity index (χ3v) is 5.67. The lowest BCUT2D eigenvalue weighted by molar-refractivity contribution is -0.0447. The lowest BCUT2D eigenvalue weighted by Crippen LogP contribution is -2.33. The topological polar surface area (TPSA) is 69.0 Å². The number of carbonyl (C=O) groups is 1. The summed E-state index contributed by atoms with van der Waals surface area (Å²) in [5.41, 5.74) is -0.481. The Kier molecular flexibility index (Phi) is 4.63. The lowest BCUT2D eigenvalue weighted by Gasteiger charge is -2.26. The second-order valence-corrected chi connectivity index (χ2v) is 7.38. The molecular weight excluding hydrogens is 359 g/mol. The Morgan fingerprint density at radius 2 is 2.04 bits per heavy atom. The Balaban J connectivity index is 1.69. The van der Waals surface area contributed by atoms with Crippen LogP contribution < -0.4 is 5.32 Å². The van der Waals surface area contributed by atoms with Gasteiger partial charge in [-0.15, -0.1) is 0 Å². The van der Waals surface area contributed by atoms with Gasteiger partial charge in [-0.2, -0.15) is 0 Å². The fourth-order valence-electron chi connectivity index (χ4n) is 3.82. The number of carbonyl (C=O) groups excluding carboxylic acids is 1. The largest absolute Gasteiger partial charge is 0.351 e. The number of anilines is 1. The van der Waals surface area contributed by atoms with Crippen molar-refractivity contribution in [2.45, 2.75) is 45.2 Å². The molecule has 1 fully saturated rings. The average Bonchev–Trinajstić information content (AvgIpc) is 3.22. The molecule has 0 aliphatic carbocycles. The van der Waals surface area contributed by atoms with Gasteiger partial charge in [0.1, 0.15) is 17.8 Å². The van der Waals surface area contributed by atoms with Crippen molar-refractivity contribution in [3.8, 4) is 0 Å². The van der Waals surface area contributed by atoms with Crippen LogP contribution in [-0.4, -0.2) is 32.2 Å². The fraction of sp³-hybridized carbons (Fsp3) is 0.381. The number of rotatable bonds is 4. The Bertz CT molecular complexity index is 1000. The summed E-state index contributed by atoms with van der Waals surface area (Å²) in [6.45, 7) is 5.44. The SMILES string of the molecule is CC[C@H]1O[C@@H](n2ccc3c(NC(=O)c4ccccc4)ncnc32)[C@](C)(F)[C@@H]1C. The van der Waals surface area contributed by atoms with Gasteiger partial charge in [0, 0.05) is 17.7 Å². The van der Waals surface area contributed by atoms with E-state index >= 15 is 4.39 Å². The van der Waals surface area contributed by atoms with E-state index in [1.165, 1.54) is 6.33 Å². The maximum Gasteiger partial charge on any atom is 0.256 e. The lowest BCUT2D eigenvalue weighted by atomic mass is 9.88. The Labute approximate surface area is 162 Å². The van der Waals surface area contributed by atoms with Crippen molar-refractivity contribution in [3.05, 3.63) is 54.5 Å². The fourth-order valence-corrected chi connectivity index (χ4v) is 3.82. The molecule has 4 rings (SSSR count). The van der Waals surface area contributed by atoms with E-state index in [1.54, 1.807) is 48.0 Å². The average molecular weight is 382 g/mol. The minimum atomic E-state index is -1.54. The monoisotopic (exact) mass is 382 g/mol. The first-order valence-electron chi connectivity index (χ1n) is 9.45. The standard InChI is InChI=1S/C21H23FN4O2/c1-4-16-13(2)21(3,22)20(28-16)26-11-10-15-17(23-12-24-18(15)26)25-19(27)14-8-6-5-7-9-14/h5-13,16,20H,4H2,1-3H3,(H,23,24,25,27)/t13-,16-,20-,21-/m1/s1. The maximum absolute atomic E-state index is 15.5. The summed E-state index contributed by atoms with van der Waals surface area (Å²) in [7, 11) is 0. The van der Waals surface area contributed by atoms with Gasteiger partial charge in [-0.3, -0.25) is 4.79 Å². The molecule has 2 aromatic heterocycles. The van der Waals surface area contributed by atoms with E-state index in [0.717, 1.165) is 6.42 Å². The van der Waals surface area contributed by atoms with Crippen LogP contribution in [0.25, 0.3) is 11.0 Å². The van der Waals surface area contributed by atoms with Crippen molar-refractivity contribution >= 4 is 22.8 Å². The van der Waals surface area contributed by atoms with Crippen LogP contribution in [0.4, 0.5) is 10.2 Å². The van der Waals surface area contributed by atoms with Gasteiger partial charge < -0.3 is 14.6 Å². The quantitative estimate of drug-likeness (QED) is 0.728. The number of benzene rings is 1. The smallest absolute Gasteiger partial charge is 0.256 e. The van der Waals surface area contributed by atoms with Crippen molar-refractivity contribution in [1.82, 2.24) is 14.5 Å². The van der Waals surface area contributed by atoms with Crippen molar-refractivity contribution in [3.63, 3.8) is 0 Å². The molecule has 0 spiro atoms. The zero-order valence-corrected chi connectivity index (χ0v) is 16.1. The second-order valence-electron chi connectivity index (χ2n) is 7.38. The molecule has 1 amide bonds. The predicted octanol–water partition coefficient (Wildman–Crippen LogP) is 4.36. The van der Waals surface area contributed by atoms with Crippen LogP contribution in [0.2, 0.25) is 0 Å². The number of hydrogen-bond donors (Lipinski definition) is 1. The van der Waals surface area contributed by atoms with Crippen LogP contribution in [0.5, 0.6) is 0 Å². The van der Waals surface area contributed by atoms with Gasteiger partial charge in [-0.25, -0.2) is 14.4 Å². The molecule has 3 heterocycles. The Hall–Kier alpha value is -2.80. The van der Waals surface area contributed by atoms with Gasteiger partial charge in [0.15, 0.2) is 11.9 Å². The minimum Gasteiger partial charge on any atom is -0.351 e. The van der Waals surface area contributed by atoms with Gasteiger partial charge in [0.25, 0.3) is 5.91 Å². The van der Waals surface area contributed by atoms with Crippen LogP contribution in [0, 0.1) is 5.92 Å². The van der Waals surface area contributed by atoms with Gasteiger partial charge in [0.2, 0.25) is 0 Å². The summed E-state index contributed by atoms with van der Waals surface area (Å²) >= 11 is 0. The number of aromatic nitrogens is 3. The summed E-state index contributed by atoms with van der Waals surface area (Å²) in [4.78, 5) is 21.0. The van der Waals surface area contributed by atoms with Crippen molar-refractivity contribution in [2.24, 2.45) is 5.92 Å². The molecule has 7 heteroatoms. The molecule has 1 aliphatic heterocycles. The predicted molar refractivity (Wildman–Crippen MR) is 105 cm³/mol. The van der Waals surface area contributed by atoms with E-state index in [2.05, 4.69) is 15.3 Å². The van der Waals surface area contributed by atoms with E-state index in [-0.39, 0.29) is 17.9 Å². The highest BCUT2D eigenvalue weighted by Crippen LogP contribution is 2.47. The normalized spacial score (nSPS) is 27.2. The summed E-state index contributed by atoms with van der Waals surface area (Å²) in [6, 6.07) is 10.7. The van der Waals surface area contributed by atoms with Crippen LogP contribution >= 0.6 is 0 Å². The van der Waals surface area contributed by atoms with E-state index in [9.17, 15) is 4.79 Å². The highest BCUT2D eigenvalue weighted by atomic mass is 19.1. The number of ether oxygens (including phenoxy) is 1. The van der Waals surface area contributed by atoms with Crippen LogP contribution in [0.1, 0.15) is 43.8 Å². The highest BCUT2D eigenvalue weighted by Gasteiger charge is 2.52. The summed E-state index contributed by atoms with van der Waals surface area (Å²) in [5, 5.41) is 3.45. The molecule has 146 valence electrons. The number of alkyl halides is 1. The number of halogens is 1. The van der Waals surface area contributed by atoms with E-state index in [0.29, 0.717) is 22.4 Å². The molecule has 6 nitrogen and oxygen atoms in total. The van der Waals surface area contributed by atoms with Crippen LogP contribution in [0.15, 0.2) is 48.9 Å². The van der Waals surface area contributed by atoms with E-state index in [4.69, 9.17) is 4.74 Å². The van der Waals surface area contributed by atoms with Crippen LogP contribution in [-0.2, 0) is 4.74 Å². The number of hydrogen-bond acceptors (Lipinski definition) is 4. The van der Waals surface area contributed by atoms with Gasteiger partial charge >= 0.3 is 0 Å². The first-order valence-corrected chi connectivity index (χ1v) is 9.45. The molecule has 1 N–H and O–H groups in total. The number of fused-ring (bicyclic) bond motifs is 1. The number of nitrogens with one attached hydrogen (secondary N) is 1. The molecule has 0 bridgehead atoms. The Morgan fingerprint density at radius 1 is 1.29 bits per heavy atom. The molecule has 28 heavy (non-hydrogen) atoms. The van der Waals surface area contributed by atoms with E-state index in [1.807, 2.05) is 19.9 Å².